The standard InChI is InChI=1S/C26H28ClN3O4S/c1-19-4-7-21(27)18-25(19)29-14-16-30(17-15-29)26(31)20-5-8-22(9-6-20)28(2)35(32,33)24-12-10-23(34-3)11-13-24/h4-13,18H,14-17H2,1-3H3. The van der Waals surface area contributed by atoms with Crippen molar-refractivity contribution in [2.45, 2.75) is 11.8 Å². The number of ether oxygens (including phenoxy) is 1. The number of nitrogens with zero attached hydrogens (tertiary/aromatic N) is 3. The molecule has 7 nitrogen and oxygen atoms in total. The fourth-order valence-electron chi connectivity index (χ4n) is 4.11. The van der Waals surface area contributed by atoms with Crippen LogP contribution < -0.4 is 13.9 Å². The molecule has 184 valence electrons. The van der Waals surface area contributed by atoms with Gasteiger partial charge in [-0.25, -0.2) is 8.42 Å². The van der Waals surface area contributed by atoms with Gasteiger partial charge in [0.15, 0.2) is 0 Å². The van der Waals surface area contributed by atoms with E-state index in [0.717, 1.165) is 11.3 Å². The lowest BCUT2D eigenvalue weighted by Gasteiger charge is -2.37. The van der Waals surface area contributed by atoms with Gasteiger partial charge in [0.1, 0.15) is 5.75 Å². The van der Waals surface area contributed by atoms with Crippen LogP contribution in [0.3, 0.4) is 0 Å². The number of sulfonamides is 1. The van der Waals surface area contributed by atoms with E-state index in [4.69, 9.17) is 16.3 Å². The highest BCUT2D eigenvalue weighted by atomic mass is 35.5. The van der Waals surface area contributed by atoms with Crippen molar-refractivity contribution in [1.82, 2.24) is 4.90 Å². The first-order valence-corrected chi connectivity index (χ1v) is 13.1. The third kappa shape index (κ3) is 5.23. The highest BCUT2D eigenvalue weighted by Crippen LogP contribution is 2.27. The maximum atomic E-state index is 13.1. The number of rotatable bonds is 6. The van der Waals surface area contributed by atoms with Crippen molar-refractivity contribution in [3.05, 3.63) is 82.9 Å². The fraction of sp³-hybridized carbons (Fsp3) is 0.269. The first-order chi connectivity index (χ1) is 16.7. The number of aryl methyl sites for hydroxylation is 1. The predicted molar refractivity (Wildman–Crippen MR) is 139 cm³/mol. The molecule has 0 radical (unpaired) electrons. The van der Waals surface area contributed by atoms with Crippen LogP contribution in [0.5, 0.6) is 5.75 Å². The minimum Gasteiger partial charge on any atom is -0.497 e. The summed E-state index contributed by atoms with van der Waals surface area (Å²) in [6, 6.07) is 18.7. The molecule has 35 heavy (non-hydrogen) atoms. The maximum absolute atomic E-state index is 13.1. The number of carbonyl (C=O) groups excluding carboxylic acids is 1. The smallest absolute Gasteiger partial charge is 0.264 e. The minimum atomic E-state index is -3.74. The summed E-state index contributed by atoms with van der Waals surface area (Å²) >= 11 is 6.17. The number of hydrogen-bond donors (Lipinski definition) is 0. The Morgan fingerprint density at radius 3 is 2.17 bits per heavy atom. The van der Waals surface area contributed by atoms with Gasteiger partial charge in [-0.3, -0.25) is 9.10 Å². The second kappa shape index (κ2) is 10.2. The average Bonchev–Trinajstić information content (AvgIpc) is 2.89. The van der Waals surface area contributed by atoms with Crippen LogP contribution in [0.25, 0.3) is 0 Å². The van der Waals surface area contributed by atoms with Crippen LogP contribution in [0.15, 0.2) is 71.6 Å². The topological polar surface area (TPSA) is 70.2 Å². The first kappa shape index (κ1) is 24.9. The molecule has 0 N–H and O–H groups in total. The second-order valence-corrected chi connectivity index (χ2v) is 10.8. The zero-order valence-electron chi connectivity index (χ0n) is 19.9. The number of anilines is 2. The van der Waals surface area contributed by atoms with Gasteiger partial charge >= 0.3 is 0 Å². The van der Waals surface area contributed by atoms with Gasteiger partial charge in [-0.2, -0.15) is 0 Å². The molecule has 0 spiro atoms. The molecule has 1 fully saturated rings. The number of hydrogen-bond acceptors (Lipinski definition) is 5. The number of amides is 1. The molecule has 0 unspecified atom stereocenters. The zero-order chi connectivity index (χ0) is 25.2. The average molecular weight is 514 g/mol. The van der Waals surface area contributed by atoms with Gasteiger partial charge in [0.25, 0.3) is 15.9 Å². The van der Waals surface area contributed by atoms with E-state index in [2.05, 4.69) is 11.8 Å². The summed E-state index contributed by atoms with van der Waals surface area (Å²) in [5.41, 5.74) is 3.24. The molecule has 4 rings (SSSR count). The summed E-state index contributed by atoms with van der Waals surface area (Å²) in [6.07, 6.45) is 0. The Balaban J connectivity index is 1.42. The Morgan fingerprint density at radius 1 is 0.943 bits per heavy atom. The van der Waals surface area contributed by atoms with Gasteiger partial charge in [-0.05, 0) is 73.2 Å². The van der Waals surface area contributed by atoms with Crippen LogP contribution >= 0.6 is 11.6 Å². The SMILES string of the molecule is COc1ccc(S(=O)(=O)N(C)c2ccc(C(=O)N3CCN(c4cc(Cl)ccc4C)CC3)cc2)cc1. The normalized spacial score (nSPS) is 14.1. The van der Waals surface area contributed by atoms with Gasteiger partial charge in [0.05, 0.1) is 17.7 Å². The maximum Gasteiger partial charge on any atom is 0.264 e. The largest absolute Gasteiger partial charge is 0.497 e. The van der Waals surface area contributed by atoms with Crippen molar-refractivity contribution in [2.24, 2.45) is 0 Å². The molecule has 0 aromatic heterocycles. The molecule has 0 aliphatic carbocycles. The lowest BCUT2D eigenvalue weighted by Crippen LogP contribution is -2.49. The molecule has 1 heterocycles. The monoisotopic (exact) mass is 513 g/mol. The molecule has 1 amide bonds. The van der Waals surface area contributed by atoms with E-state index in [0.29, 0.717) is 48.2 Å². The lowest BCUT2D eigenvalue weighted by atomic mass is 10.1. The van der Waals surface area contributed by atoms with E-state index in [1.165, 1.54) is 30.6 Å². The van der Waals surface area contributed by atoms with E-state index in [-0.39, 0.29) is 10.8 Å². The molecular weight excluding hydrogens is 486 g/mol. The van der Waals surface area contributed by atoms with Crippen LogP contribution in [0, 0.1) is 6.92 Å². The number of benzene rings is 3. The van der Waals surface area contributed by atoms with E-state index in [1.807, 2.05) is 23.1 Å². The van der Waals surface area contributed by atoms with Gasteiger partial charge in [0.2, 0.25) is 0 Å². The van der Waals surface area contributed by atoms with E-state index < -0.39 is 10.0 Å². The third-order valence-corrected chi connectivity index (χ3v) is 8.31. The summed E-state index contributed by atoms with van der Waals surface area (Å²) in [5.74, 6) is 0.512. The van der Waals surface area contributed by atoms with Crippen LogP contribution in [-0.4, -0.2) is 59.6 Å². The Kier molecular flexibility index (Phi) is 7.23. The number of piperazine rings is 1. The molecule has 0 atom stereocenters. The van der Waals surface area contributed by atoms with Crippen molar-refractivity contribution in [2.75, 3.05) is 49.5 Å². The Bertz CT molecular complexity index is 1300. The molecule has 3 aromatic rings. The van der Waals surface area contributed by atoms with Gasteiger partial charge < -0.3 is 14.5 Å². The Labute approximate surface area is 211 Å². The van der Waals surface area contributed by atoms with Crippen LogP contribution in [0.2, 0.25) is 5.02 Å². The lowest BCUT2D eigenvalue weighted by molar-refractivity contribution is 0.0747. The summed E-state index contributed by atoms with van der Waals surface area (Å²) in [6.45, 7) is 4.68. The number of methoxy groups -OCH3 is 1. The van der Waals surface area contributed by atoms with Gasteiger partial charge in [0, 0.05) is 49.5 Å². The summed E-state index contributed by atoms with van der Waals surface area (Å²) < 4.78 is 32.3. The van der Waals surface area contributed by atoms with Crippen LogP contribution in [0.1, 0.15) is 15.9 Å². The van der Waals surface area contributed by atoms with Gasteiger partial charge in [-0.1, -0.05) is 17.7 Å². The Morgan fingerprint density at radius 2 is 1.57 bits per heavy atom. The van der Waals surface area contributed by atoms with Crippen molar-refractivity contribution in [1.29, 1.82) is 0 Å². The minimum absolute atomic E-state index is 0.0697. The van der Waals surface area contributed by atoms with Gasteiger partial charge in [-0.15, -0.1) is 0 Å². The molecule has 3 aromatic carbocycles. The summed E-state index contributed by atoms with van der Waals surface area (Å²) in [7, 11) is -0.722. The first-order valence-electron chi connectivity index (χ1n) is 11.2. The van der Waals surface area contributed by atoms with E-state index in [1.54, 1.807) is 36.4 Å². The fourth-order valence-corrected chi connectivity index (χ4v) is 5.48. The van der Waals surface area contributed by atoms with E-state index in [9.17, 15) is 13.2 Å². The molecule has 0 bridgehead atoms. The zero-order valence-corrected chi connectivity index (χ0v) is 21.5. The molecule has 1 aliphatic rings. The van der Waals surface area contributed by atoms with Crippen molar-refractivity contribution < 1.29 is 17.9 Å². The van der Waals surface area contributed by atoms with Crippen LogP contribution in [-0.2, 0) is 10.0 Å². The molecular formula is C26H28ClN3O4S. The Hall–Kier alpha value is -3.23. The second-order valence-electron chi connectivity index (χ2n) is 8.40. The van der Waals surface area contributed by atoms with Crippen molar-refractivity contribution in [3.8, 4) is 5.75 Å². The molecule has 0 saturated carbocycles. The van der Waals surface area contributed by atoms with Crippen LogP contribution in [0.4, 0.5) is 11.4 Å². The summed E-state index contributed by atoms with van der Waals surface area (Å²) in [5, 5.41) is 0.697. The number of carbonyl (C=O) groups is 1. The van der Waals surface area contributed by atoms with Crippen molar-refractivity contribution >= 4 is 38.9 Å². The quantitative estimate of drug-likeness (QED) is 0.487. The highest BCUT2D eigenvalue weighted by molar-refractivity contribution is 7.92. The summed E-state index contributed by atoms with van der Waals surface area (Å²) in [4.78, 5) is 17.3. The highest BCUT2D eigenvalue weighted by Gasteiger charge is 2.25. The molecule has 1 aliphatic heterocycles. The third-order valence-electron chi connectivity index (χ3n) is 6.27. The number of halogens is 1. The van der Waals surface area contributed by atoms with Crippen molar-refractivity contribution in [3.63, 3.8) is 0 Å². The van der Waals surface area contributed by atoms with E-state index >= 15 is 0 Å². The predicted octanol–water partition coefficient (Wildman–Crippen LogP) is 4.44. The molecule has 1 saturated heterocycles. The molecule has 9 heteroatoms.